The lowest BCUT2D eigenvalue weighted by molar-refractivity contribution is -0.117. The molecule has 1 atom stereocenters. The number of alkyl halides is 1. The molecule has 4 nitrogen and oxygen atoms in total. The van der Waals surface area contributed by atoms with Gasteiger partial charge >= 0.3 is 0 Å². The molecular weight excluding hydrogens is 297 g/mol. The van der Waals surface area contributed by atoms with E-state index in [9.17, 15) is 4.79 Å². The summed E-state index contributed by atoms with van der Waals surface area (Å²) in [4.78, 5) is 11.0. The van der Waals surface area contributed by atoms with Gasteiger partial charge in [0.15, 0.2) is 11.5 Å². The minimum absolute atomic E-state index is 0.479. The SMILES string of the molecule is NC(=O)C(Cl)c1cc(Br)c2c(c1)OCCO2. The Kier molecular flexibility index (Phi) is 3.25. The monoisotopic (exact) mass is 305 g/mol. The number of ether oxygens (including phenoxy) is 2. The van der Waals surface area contributed by atoms with Gasteiger partial charge in [0.25, 0.3) is 0 Å². The molecule has 0 aromatic heterocycles. The van der Waals surface area contributed by atoms with Gasteiger partial charge in [-0.25, -0.2) is 0 Å². The van der Waals surface area contributed by atoms with Crippen LogP contribution in [0.3, 0.4) is 0 Å². The maximum Gasteiger partial charge on any atom is 0.240 e. The number of hydrogen-bond acceptors (Lipinski definition) is 3. The summed E-state index contributed by atoms with van der Waals surface area (Å²) in [6.07, 6.45) is 0. The second-order valence-corrected chi connectivity index (χ2v) is 4.58. The van der Waals surface area contributed by atoms with E-state index in [1.807, 2.05) is 0 Å². The molecule has 1 aromatic rings. The zero-order valence-electron chi connectivity index (χ0n) is 8.20. The van der Waals surface area contributed by atoms with E-state index < -0.39 is 11.3 Å². The fourth-order valence-electron chi connectivity index (χ4n) is 1.44. The number of nitrogens with two attached hydrogens (primary N) is 1. The molecule has 6 heteroatoms. The summed E-state index contributed by atoms with van der Waals surface area (Å²) in [6.45, 7) is 0.984. The molecule has 0 bridgehead atoms. The van der Waals surface area contributed by atoms with Gasteiger partial charge in [-0.05, 0) is 33.6 Å². The van der Waals surface area contributed by atoms with E-state index in [-0.39, 0.29) is 0 Å². The number of rotatable bonds is 2. The summed E-state index contributed by atoms with van der Waals surface area (Å²) in [5, 5.41) is -0.868. The molecule has 1 amide bonds. The Balaban J connectivity index is 2.42. The Morgan fingerprint density at radius 2 is 2.12 bits per heavy atom. The van der Waals surface area contributed by atoms with Crippen molar-refractivity contribution < 1.29 is 14.3 Å². The van der Waals surface area contributed by atoms with Gasteiger partial charge in [-0.1, -0.05) is 0 Å². The summed E-state index contributed by atoms with van der Waals surface area (Å²) in [7, 11) is 0. The van der Waals surface area contributed by atoms with E-state index in [1.165, 1.54) is 0 Å². The van der Waals surface area contributed by atoms with E-state index in [1.54, 1.807) is 12.1 Å². The molecule has 86 valence electrons. The highest BCUT2D eigenvalue weighted by molar-refractivity contribution is 9.10. The molecule has 1 unspecified atom stereocenters. The minimum atomic E-state index is -0.868. The first-order chi connectivity index (χ1) is 7.59. The molecule has 0 saturated heterocycles. The Morgan fingerprint density at radius 1 is 1.44 bits per heavy atom. The maximum atomic E-state index is 11.0. The number of carbonyl (C=O) groups excluding carboxylic acids is 1. The van der Waals surface area contributed by atoms with Crippen LogP contribution in [0.1, 0.15) is 10.9 Å². The Labute approximate surface area is 106 Å². The lowest BCUT2D eigenvalue weighted by Gasteiger charge is -2.21. The van der Waals surface area contributed by atoms with Crippen molar-refractivity contribution in [1.82, 2.24) is 0 Å². The Hall–Kier alpha value is -0.940. The average Bonchev–Trinajstić information content (AvgIpc) is 2.28. The number of fused-ring (bicyclic) bond motifs is 1. The van der Waals surface area contributed by atoms with Crippen molar-refractivity contribution in [2.75, 3.05) is 13.2 Å². The molecule has 1 aliphatic heterocycles. The molecule has 0 aliphatic carbocycles. The van der Waals surface area contributed by atoms with Crippen LogP contribution < -0.4 is 15.2 Å². The standard InChI is InChI=1S/C10H9BrClNO3/c11-6-3-5(8(12)10(13)14)4-7-9(6)16-2-1-15-7/h3-4,8H,1-2H2,(H2,13,14). The first kappa shape index (κ1) is 11.5. The van der Waals surface area contributed by atoms with Crippen molar-refractivity contribution in [3.63, 3.8) is 0 Å². The molecule has 0 saturated carbocycles. The smallest absolute Gasteiger partial charge is 0.240 e. The van der Waals surface area contributed by atoms with Gasteiger partial charge in [0.2, 0.25) is 5.91 Å². The number of benzene rings is 1. The fraction of sp³-hybridized carbons (Fsp3) is 0.300. The fourth-order valence-corrected chi connectivity index (χ4v) is 2.14. The molecule has 1 heterocycles. The van der Waals surface area contributed by atoms with Crippen LogP contribution in [0.25, 0.3) is 0 Å². The predicted molar refractivity (Wildman–Crippen MR) is 62.9 cm³/mol. The number of carbonyl (C=O) groups is 1. The average molecular weight is 307 g/mol. The molecular formula is C10H9BrClNO3. The summed E-state index contributed by atoms with van der Waals surface area (Å²) in [5.74, 6) is 0.608. The van der Waals surface area contributed by atoms with E-state index in [0.717, 1.165) is 0 Å². The van der Waals surface area contributed by atoms with Gasteiger partial charge in [-0.2, -0.15) is 0 Å². The highest BCUT2D eigenvalue weighted by Crippen LogP contribution is 2.40. The highest BCUT2D eigenvalue weighted by atomic mass is 79.9. The van der Waals surface area contributed by atoms with Crippen molar-refractivity contribution in [1.29, 1.82) is 0 Å². The number of amides is 1. The molecule has 0 spiro atoms. The third kappa shape index (κ3) is 2.10. The van der Waals surface area contributed by atoms with E-state index in [0.29, 0.717) is 34.7 Å². The molecule has 1 aliphatic rings. The summed E-state index contributed by atoms with van der Waals surface area (Å²) in [6, 6.07) is 3.37. The predicted octanol–water partition coefficient (Wildman–Crippen LogP) is 1.99. The molecule has 16 heavy (non-hydrogen) atoms. The van der Waals surface area contributed by atoms with Gasteiger partial charge in [0.1, 0.15) is 18.6 Å². The third-order valence-corrected chi connectivity index (χ3v) is 3.22. The summed E-state index contributed by atoms with van der Waals surface area (Å²) in [5.41, 5.74) is 5.72. The van der Waals surface area contributed by atoms with Gasteiger partial charge in [0, 0.05) is 0 Å². The van der Waals surface area contributed by atoms with Crippen molar-refractivity contribution >= 4 is 33.4 Å². The van der Waals surface area contributed by atoms with Crippen LogP contribution in [0, 0.1) is 0 Å². The van der Waals surface area contributed by atoms with Gasteiger partial charge in [0.05, 0.1) is 4.47 Å². The van der Waals surface area contributed by atoms with Gasteiger partial charge in [-0.3, -0.25) is 4.79 Å². The summed E-state index contributed by atoms with van der Waals surface area (Å²) < 4.78 is 11.5. The van der Waals surface area contributed by atoms with Crippen LogP contribution in [0.5, 0.6) is 11.5 Å². The number of hydrogen-bond donors (Lipinski definition) is 1. The van der Waals surface area contributed by atoms with Crippen molar-refractivity contribution in [2.45, 2.75) is 5.38 Å². The molecule has 1 aromatic carbocycles. The first-order valence-electron chi connectivity index (χ1n) is 4.62. The Morgan fingerprint density at radius 3 is 2.81 bits per heavy atom. The molecule has 2 N–H and O–H groups in total. The number of halogens is 2. The lowest BCUT2D eigenvalue weighted by atomic mass is 10.1. The third-order valence-electron chi connectivity index (χ3n) is 2.16. The quantitative estimate of drug-likeness (QED) is 0.850. The minimum Gasteiger partial charge on any atom is -0.486 e. The Bertz CT molecular complexity index is 438. The van der Waals surface area contributed by atoms with Gasteiger partial charge < -0.3 is 15.2 Å². The molecule has 2 rings (SSSR count). The van der Waals surface area contributed by atoms with Crippen LogP contribution in [0.2, 0.25) is 0 Å². The van der Waals surface area contributed by atoms with Gasteiger partial charge in [-0.15, -0.1) is 11.6 Å². The van der Waals surface area contributed by atoms with Crippen LogP contribution in [-0.2, 0) is 4.79 Å². The van der Waals surface area contributed by atoms with Crippen LogP contribution >= 0.6 is 27.5 Å². The topological polar surface area (TPSA) is 61.6 Å². The zero-order chi connectivity index (χ0) is 11.7. The second kappa shape index (κ2) is 4.51. The van der Waals surface area contributed by atoms with E-state index in [4.69, 9.17) is 26.8 Å². The van der Waals surface area contributed by atoms with Crippen LogP contribution in [0.4, 0.5) is 0 Å². The van der Waals surface area contributed by atoms with E-state index in [2.05, 4.69) is 15.9 Å². The normalized spacial score (nSPS) is 15.6. The first-order valence-corrected chi connectivity index (χ1v) is 5.85. The second-order valence-electron chi connectivity index (χ2n) is 3.29. The lowest BCUT2D eigenvalue weighted by Crippen LogP contribution is -2.19. The summed E-state index contributed by atoms with van der Waals surface area (Å²) >= 11 is 9.20. The van der Waals surface area contributed by atoms with Crippen molar-refractivity contribution in [3.05, 3.63) is 22.2 Å². The van der Waals surface area contributed by atoms with Crippen LogP contribution in [0.15, 0.2) is 16.6 Å². The molecule has 0 fully saturated rings. The van der Waals surface area contributed by atoms with Crippen LogP contribution in [-0.4, -0.2) is 19.1 Å². The van der Waals surface area contributed by atoms with E-state index >= 15 is 0 Å². The maximum absolute atomic E-state index is 11.0. The van der Waals surface area contributed by atoms with Crippen molar-refractivity contribution in [2.24, 2.45) is 5.73 Å². The zero-order valence-corrected chi connectivity index (χ0v) is 10.5. The largest absolute Gasteiger partial charge is 0.486 e. The number of primary amides is 1. The van der Waals surface area contributed by atoms with Crippen molar-refractivity contribution in [3.8, 4) is 11.5 Å². The molecule has 0 radical (unpaired) electrons. The highest BCUT2D eigenvalue weighted by Gasteiger charge is 2.21.